The van der Waals surface area contributed by atoms with Gasteiger partial charge >= 0.3 is 5.97 Å². The van der Waals surface area contributed by atoms with Crippen LogP contribution in [0.2, 0.25) is 0 Å². The lowest BCUT2D eigenvalue weighted by Crippen LogP contribution is -2.02. The number of aryl methyl sites for hydroxylation is 1. The Morgan fingerprint density at radius 1 is 1.39 bits per heavy atom. The Bertz CT molecular complexity index is 561. The lowest BCUT2D eigenvalue weighted by molar-refractivity contribution is -0.136. The first kappa shape index (κ1) is 12.3. The van der Waals surface area contributed by atoms with E-state index in [4.69, 9.17) is 5.11 Å². The van der Waals surface area contributed by atoms with Gasteiger partial charge in [-0.15, -0.1) is 0 Å². The molecule has 1 N–H and O–H groups in total. The highest BCUT2D eigenvalue weighted by Crippen LogP contribution is 2.18. The maximum Gasteiger partial charge on any atom is 0.303 e. The van der Waals surface area contributed by atoms with Crippen LogP contribution in [0.3, 0.4) is 0 Å². The third kappa shape index (κ3) is 2.40. The lowest BCUT2D eigenvalue weighted by atomic mass is 10.1. The first-order valence-corrected chi connectivity index (χ1v) is 5.78. The minimum atomic E-state index is -0.792. The van der Waals surface area contributed by atoms with Crippen LogP contribution in [0, 0.1) is 13.8 Å². The number of nitrogens with zero attached hydrogens (tertiary/aromatic N) is 3. The van der Waals surface area contributed by atoms with Gasteiger partial charge < -0.3 is 5.11 Å². The molecule has 0 saturated carbocycles. The van der Waals surface area contributed by atoms with Crippen molar-refractivity contribution in [2.45, 2.75) is 26.7 Å². The van der Waals surface area contributed by atoms with E-state index < -0.39 is 5.97 Å². The van der Waals surface area contributed by atoms with Crippen molar-refractivity contribution in [3.05, 3.63) is 41.3 Å². The first-order chi connectivity index (χ1) is 8.59. The Labute approximate surface area is 105 Å². The fourth-order valence-electron chi connectivity index (χ4n) is 1.97. The van der Waals surface area contributed by atoms with Gasteiger partial charge in [0.05, 0.1) is 5.69 Å². The van der Waals surface area contributed by atoms with Crippen molar-refractivity contribution in [1.82, 2.24) is 14.8 Å². The van der Waals surface area contributed by atoms with Gasteiger partial charge in [0, 0.05) is 18.3 Å². The number of carboxylic acids is 1. The summed E-state index contributed by atoms with van der Waals surface area (Å²) < 4.78 is 1.76. The minimum Gasteiger partial charge on any atom is -0.481 e. The highest BCUT2D eigenvalue weighted by molar-refractivity contribution is 5.67. The molecule has 2 heterocycles. The maximum absolute atomic E-state index is 10.6. The maximum atomic E-state index is 10.6. The second-order valence-electron chi connectivity index (χ2n) is 4.14. The predicted octanol–water partition coefficient (Wildman–Crippen LogP) is 1.90. The number of rotatable bonds is 4. The molecule has 0 aliphatic carbocycles. The van der Waals surface area contributed by atoms with Gasteiger partial charge in [0.15, 0.2) is 5.82 Å². The molecule has 0 aliphatic heterocycles. The highest BCUT2D eigenvalue weighted by Gasteiger charge is 2.14. The number of hydrogen-bond donors (Lipinski definition) is 1. The van der Waals surface area contributed by atoms with E-state index in [1.807, 2.05) is 32.0 Å². The molecule has 0 unspecified atom stereocenters. The molecule has 2 rings (SSSR count). The van der Waals surface area contributed by atoms with Gasteiger partial charge in [-0.25, -0.2) is 9.67 Å². The molecular weight excluding hydrogens is 230 g/mol. The fraction of sp³-hybridized carbons (Fsp3) is 0.308. The number of carbonyl (C=O) groups is 1. The summed E-state index contributed by atoms with van der Waals surface area (Å²) in [6, 6.07) is 5.62. The molecule has 2 aromatic rings. The van der Waals surface area contributed by atoms with Crippen LogP contribution >= 0.6 is 0 Å². The van der Waals surface area contributed by atoms with Crippen LogP contribution in [0.4, 0.5) is 0 Å². The van der Waals surface area contributed by atoms with Crippen LogP contribution in [0.1, 0.15) is 23.4 Å². The van der Waals surface area contributed by atoms with Crippen LogP contribution < -0.4 is 0 Å². The normalized spacial score (nSPS) is 10.6. The van der Waals surface area contributed by atoms with Crippen LogP contribution in [-0.2, 0) is 11.2 Å². The summed E-state index contributed by atoms with van der Waals surface area (Å²) in [6.07, 6.45) is 2.33. The molecule has 18 heavy (non-hydrogen) atoms. The third-order valence-corrected chi connectivity index (χ3v) is 2.90. The summed E-state index contributed by atoms with van der Waals surface area (Å²) in [7, 11) is 0. The molecule has 0 fully saturated rings. The van der Waals surface area contributed by atoms with Crippen LogP contribution in [-0.4, -0.2) is 25.8 Å². The van der Waals surface area contributed by atoms with E-state index in [1.54, 1.807) is 10.9 Å². The quantitative estimate of drug-likeness (QED) is 0.893. The summed E-state index contributed by atoms with van der Waals surface area (Å²) >= 11 is 0. The van der Waals surface area contributed by atoms with Crippen molar-refractivity contribution in [3.8, 4) is 5.82 Å². The first-order valence-electron chi connectivity index (χ1n) is 5.78. The summed E-state index contributed by atoms with van der Waals surface area (Å²) in [5.74, 6) is -0.0425. The Morgan fingerprint density at radius 3 is 2.78 bits per heavy atom. The fourth-order valence-corrected chi connectivity index (χ4v) is 1.97. The average Bonchev–Trinajstić information content (AvgIpc) is 2.63. The molecule has 0 radical (unpaired) electrons. The third-order valence-electron chi connectivity index (χ3n) is 2.90. The predicted molar refractivity (Wildman–Crippen MR) is 66.8 cm³/mol. The van der Waals surface area contributed by atoms with E-state index in [0.717, 1.165) is 22.8 Å². The number of aliphatic carboxylic acids is 1. The molecule has 0 aromatic carbocycles. The van der Waals surface area contributed by atoms with E-state index in [0.29, 0.717) is 6.42 Å². The molecule has 5 nitrogen and oxygen atoms in total. The molecule has 0 spiro atoms. The van der Waals surface area contributed by atoms with Crippen LogP contribution in [0.5, 0.6) is 0 Å². The summed E-state index contributed by atoms with van der Waals surface area (Å²) in [5, 5.41) is 13.2. The van der Waals surface area contributed by atoms with Crippen molar-refractivity contribution in [3.63, 3.8) is 0 Å². The van der Waals surface area contributed by atoms with Gasteiger partial charge in [-0.3, -0.25) is 4.79 Å². The zero-order valence-corrected chi connectivity index (χ0v) is 10.4. The van der Waals surface area contributed by atoms with Crippen molar-refractivity contribution in [2.24, 2.45) is 0 Å². The van der Waals surface area contributed by atoms with Crippen molar-refractivity contribution < 1.29 is 9.90 Å². The minimum absolute atomic E-state index is 0.121. The molecule has 94 valence electrons. The molecule has 0 bridgehead atoms. The molecule has 0 aliphatic rings. The number of hydrogen-bond acceptors (Lipinski definition) is 3. The summed E-state index contributed by atoms with van der Waals surface area (Å²) in [4.78, 5) is 14.9. The van der Waals surface area contributed by atoms with Gasteiger partial charge in [0.1, 0.15) is 0 Å². The van der Waals surface area contributed by atoms with E-state index in [9.17, 15) is 4.79 Å². The van der Waals surface area contributed by atoms with E-state index in [1.165, 1.54) is 0 Å². The number of aromatic nitrogens is 3. The van der Waals surface area contributed by atoms with Crippen molar-refractivity contribution in [1.29, 1.82) is 0 Å². The monoisotopic (exact) mass is 245 g/mol. The smallest absolute Gasteiger partial charge is 0.303 e. The standard InChI is InChI=1S/C13H15N3O2/c1-9-11(6-7-13(17)18)10(2)16(15-9)12-5-3-4-8-14-12/h3-5,8H,6-7H2,1-2H3,(H,17,18). The topological polar surface area (TPSA) is 68.0 Å². The highest BCUT2D eigenvalue weighted by atomic mass is 16.4. The van der Waals surface area contributed by atoms with Gasteiger partial charge in [0.25, 0.3) is 0 Å². The van der Waals surface area contributed by atoms with Crippen molar-refractivity contribution in [2.75, 3.05) is 0 Å². The zero-order chi connectivity index (χ0) is 13.1. The van der Waals surface area contributed by atoms with E-state index in [-0.39, 0.29) is 6.42 Å². The largest absolute Gasteiger partial charge is 0.481 e. The van der Waals surface area contributed by atoms with E-state index in [2.05, 4.69) is 10.1 Å². The van der Waals surface area contributed by atoms with Gasteiger partial charge in [-0.05, 0) is 38.0 Å². The van der Waals surface area contributed by atoms with Crippen LogP contribution in [0.25, 0.3) is 5.82 Å². The van der Waals surface area contributed by atoms with Gasteiger partial charge in [0.2, 0.25) is 0 Å². The summed E-state index contributed by atoms with van der Waals surface area (Å²) in [6.45, 7) is 3.83. The Hall–Kier alpha value is -2.17. The molecule has 0 amide bonds. The Kier molecular flexibility index (Phi) is 3.41. The number of carboxylic acid groups (broad SMARTS) is 1. The molecular formula is C13H15N3O2. The molecule has 0 saturated heterocycles. The SMILES string of the molecule is Cc1nn(-c2ccccn2)c(C)c1CCC(=O)O. The molecule has 0 atom stereocenters. The lowest BCUT2D eigenvalue weighted by Gasteiger charge is -2.03. The average molecular weight is 245 g/mol. The second kappa shape index (κ2) is 5.00. The Balaban J connectivity index is 2.35. The number of pyridine rings is 1. The second-order valence-corrected chi connectivity index (χ2v) is 4.14. The molecule has 5 heteroatoms. The Morgan fingerprint density at radius 2 is 2.17 bits per heavy atom. The van der Waals surface area contributed by atoms with E-state index >= 15 is 0 Å². The van der Waals surface area contributed by atoms with Gasteiger partial charge in [-0.1, -0.05) is 6.07 Å². The van der Waals surface area contributed by atoms with Gasteiger partial charge in [-0.2, -0.15) is 5.10 Å². The molecule has 2 aromatic heterocycles. The summed E-state index contributed by atoms with van der Waals surface area (Å²) in [5.41, 5.74) is 2.80. The zero-order valence-electron chi connectivity index (χ0n) is 10.4. The van der Waals surface area contributed by atoms with Crippen LogP contribution in [0.15, 0.2) is 24.4 Å². The van der Waals surface area contributed by atoms with Crippen molar-refractivity contribution >= 4 is 5.97 Å².